The molecule has 0 fully saturated rings. The molecule has 0 radical (unpaired) electrons. The number of fused-ring (bicyclic) bond motifs is 1. The molecule has 2 aromatic rings. The van der Waals surface area contributed by atoms with Crippen LogP contribution in [0.25, 0.3) is 10.9 Å². The Balaban J connectivity index is 2.58. The fraction of sp³-hybridized carbons (Fsp3) is 0.273. The first kappa shape index (κ1) is 14.1. The first-order valence-electron chi connectivity index (χ1n) is 5.33. The Labute approximate surface area is 123 Å². The Morgan fingerprint density at radius 2 is 2.42 bits per heavy atom. The molecule has 0 saturated carbocycles. The first-order chi connectivity index (χ1) is 8.95. The molecule has 6 nitrogen and oxygen atoms in total. The van der Waals surface area contributed by atoms with Crippen LogP contribution in [0.4, 0.5) is 4.39 Å². The zero-order valence-corrected chi connectivity index (χ0v) is 12.8. The molecule has 0 amide bonds. The van der Waals surface area contributed by atoms with E-state index in [0.717, 1.165) is 0 Å². The average Bonchev–Trinajstić information content (AvgIpc) is 2.78. The average molecular weight is 462 g/mol. The van der Waals surface area contributed by atoms with Gasteiger partial charge >= 0.3 is 123 Å². The third-order valence-electron chi connectivity index (χ3n) is 2.72. The van der Waals surface area contributed by atoms with Crippen molar-refractivity contribution in [3.63, 3.8) is 0 Å². The fourth-order valence-electron chi connectivity index (χ4n) is 1.78. The van der Waals surface area contributed by atoms with Gasteiger partial charge in [-0.2, -0.15) is 0 Å². The van der Waals surface area contributed by atoms with Crippen molar-refractivity contribution < 1.29 is 43.7 Å². The molecule has 0 aliphatic heterocycles. The zero-order valence-electron chi connectivity index (χ0n) is 9.91. The van der Waals surface area contributed by atoms with Crippen molar-refractivity contribution in [2.75, 3.05) is 7.11 Å². The quantitative estimate of drug-likeness (QED) is 0.587. The van der Waals surface area contributed by atoms with Crippen LogP contribution >= 0.6 is 0 Å². The second kappa shape index (κ2) is 5.39. The molecule has 1 unspecified atom stereocenters. The number of carboxylic acid groups (broad SMARTS) is 1. The third kappa shape index (κ3) is 2.55. The minimum absolute atomic E-state index is 0.0231. The number of carbonyl (C=O) groups is 1. The van der Waals surface area contributed by atoms with Gasteiger partial charge < -0.3 is 0 Å². The van der Waals surface area contributed by atoms with Crippen molar-refractivity contribution >= 4 is 20.1 Å². The molecular weight excluding hydrogens is 451 g/mol. The van der Waals surface area contributed by atoms with E-state index in [2.05, 4.69) is 10.2 Å². The predicted octanol–water partition coefficient (Wildman–Crippen LogP) is -0.160. The molecule has 0 saturated heterocycles. The number of aliphatic carboxylic acids is 1. The number of benzene rings is 1. The topological polar surface area (TPSA) is 101 Å². The van der Waals surface area contributed by atoms with E-state index in [1.54, 1.807) is 6.07 Å². The number of ether oxygens (including phenoxy) is 1. The summed E-state index contributed by atoms with van der Waals surface area (Å²) in [6.07, 6.45) is 0.0231. The maximum atomic E-state index is 14.0. The van der Waals surface area contributed by atoms with Gasteiger partial charge in [-0.25, -0.2) is 0 Å². The summed E-state index contributed by atoms with van der Waals surface area (Å²) in [7, 11) is 1.46. The number of methoxy groups -OCH3 is 1. The summed E-state index contributed by atoms with van der Waals surface area (Å²) in [5.74, 6) is -1.11. The normalized spacial score (nSPS) is 12.6. The molecule has 1 atom stereocenters. The monoisotopic (exact) mass is 462 g/mol. The first-order valence-corrected chi connectivity index (χ1v) is 6.80. The molecular formula is C11H11AtFN3O3. The number of aromatic nitrogens is 2. The molecule has 1 heterocycles. The number of nitrogens with two attached hydrogens (primary N) is 1. The SMILES string of the molecule is COc1cc([At])c(F)c2n[nH]c(CC(N)C(=O)O)c12. The Kier molecular flexibility index (Phi) is 4.01. The molecule has 19 heavy (non-hydrogen) atoms. The van der Waals surface area contributed by atoms with Crippen molar-refractivity contribution in [2.45, 2.75) is 12.5 Å². The van der Waals surface area contributed by atoms with E-state index >= 15 is 0 Å². The number of aromatic amines is 1. The van der Waals surface area contributed by atoms with Gasteiger partial charge in [0, 0.05) is 0 Å². The number of H-pyrrole nitrogens is 1. The van der Waals surface area contributed by atoms with Crippen molar-refractivity contribution in [1.29, 1.82) is 0 Å². The number of nitrogens with one attached hydrogen (secondary N) is 1. The zero-order chi connectivity index (χ0) is 14.2. The van der Waals surface area contributed by atoms with Gasteiger partial charge in [-0.05, 0) is 0 Å². The van der Waals surface area contributed by atoms with Crippen molar-refractivity contribution in [3.8, 4) is 5.75 Å². The van der Waals surface area contributed by atoms with Crippen molar-refractivity contribution in [1.82, 2.24) is 10.2 Å². The predicted molar refractivity (Wildman–Crippen MR) is 61.6 cm³/mol. The van der Waals surface area contributed by atoms with E-state index in [-0.39, 0.29) is 11.9 Å². The van der Waals surface area contributed by atoms with E-state index in [1.807, 2.05) is 0 Å². The fourth-order valence-corrected chi connectivity index (χ4v) is 2.52. The van der Waals surface area contributed by atoms with Crippen molar-refractivity contribution in [2.24, 2.45) is 5.73 Å². The number of rotatable bonds is 4. The number of carboxylic acids is 1. The molecule has 0 spiro atoms. The number of hydrogen-bond donors (Lipinski definition) is 3. The summed E-state index contributed by atoms with van der Waals surface area (Å²) < 4.78 is 19.6. The number of hydrogen-bond acceptors (Lipinski definition) is 4. The van der Waals surface area contributed by atoms with Crippen LogP contribution in [-0.2, 0) is 11.2 Å². The Bertz CT molecular complexity index is 644. The summed E-state index contributed by atoms with van der Waals surface area (Å²) in [4.78, 5) is 10.8. The van der Waals surface area contributed by atoms with Gasteiger partial charge in [0.15, 0.2) is 0 Å². The Morgan fingerprint density at radius 1 is 1.74 bits per heavy atom. The van der Waals surface area contributed by atoms with Crippen LogP contribution in [0.2, 0.25) is 0 Å². The molecule has 1 aromatic carbocycles. The van der Waals surface area contributed by atoms with E-state index < -0.39 is 17.8 Å². The second-order valence-corrected chi connectivity index (χ2v) is 5.53. The van der Waals surface area contributed by atoms with Gasteiger partial charge in [0.25, 0.3) is 0 Å². The molecule has 1 aromatic heterocycles. The summed E-state index contributed by atoms with van der Waals surface area (Å²) >= 11 is 1.17. The van der Waals surface area contributed by atoms with Gasteiger partial charge in [-0.1, -0.05) is 0 Å². The van der Waals surface area contributed by atoms with Gasteiger partial charge in [0.2, 0.25) is 0 Å². The molecule has 0 bridgehead atoms. The van der Waals surface area contributed by atoms with E-state index in [1.165, 1.54) is 31.8 Å². The molecule has 8 heteroatoms. The number of nitrogens with zero attached hydrogens (tertiary/aromatic N) is 1. The number of halogens is 1. The molecule has 102 valence electrons. The van der Waals surface area contributed by atoms with Crippen LogP contribution in [-0.4, -0.2) is 34.4 Å². The summed E-state index contributed by atoms with van der Waals surface area (Å²) in [5.41, 5.74) is 6.07. The third-order valence-corrected chi connectivity index (χ3v) is 3.79. The van der Waals surface area contributed by atoms with Crippen LogP contribution in [0.5, 0.6) is 5.75 Å². The van der Waals surface area contributed by atoms with Gasteiger partial charge in [0.1, 0.15) is 0 Å². The van der Waals surface area contributed by atoms with Crippen LogP contribution in [0, 0.1) is 30.5 Å². The second-order valence-electron chi connectivity index (χ2n) is 3.95. The van der Waals surface area contributed by atoms with E-state index in [4.69, 9.17) is 15.6 Å². The minimum atomic E-state index is -1.13. The van der Waals surface area contributed by atoms with E-state index in [9.17, 15) is 9.18 Å². The maximum absolute atomic E-state index is 14.0. The van der Waals surface area contributed by atoms with Gasteiger partial charge in [-0.15, -0.1) is 0 Å². The molecule has 0 aliphatic rings. The van der Waals surface area contributed by atoms with Crippen LogP contribution < -0.4 is 13.7 Å². The van der Waals surface area contributed by atoms with E-state index in [0.29, 0.717) is 20.1 Å². The van der Waals surface area contributed by atoms with Gasteiger partial charge in [0.05, 0.1) is 0 Å². The van der Waals surface area contributed by atoms with Crippen molar-refractivity contribution in [3.05, 3.63) is 17.6 Å². The Hall–Kier alpha value is -1.27. The van der Waals surface area contributed by atoms with Gasteiger partial charge in [-0.3, -0.25) is 0 Å². The van der Waals surface area contributed by atoms with Crippen LogP contribution in [0.1, 0.15) is 5.69 Å². The molecule has 0 aliphatic carbocycles. The van der Waals surface area contributed by atoms with Crippen LogP contribution in [0.3, 0.4) is 0 Å². The summed E-state index contributed by atoms with van der Waals surface area (Å²) in [6, 6.07) is 0.487. The standard InChI is InChI=1S/C11H11AtFN3O3/c1-19-7-2-4(12)9(13)10-8(7)6(15-16-10)3-5(14)11(17)18/h2,5H,3,14H2,1H3,(H,15,16)(H,17,18). The molecule has 4 N–H and O–H groups in total. The molecule has 2 rings (SSSR count). The summed E-state index contributed by atoms with van der Waals surface area (Å²) in [5, 5.41) is 15.8. The van der Waals surface area contributed by atoms with Crippen LogP contribution in [0.15, 0.2) is 6.07 Å². The Morgan fingerprint density at radius 3 is 3.00 bits per heavy atom. The summed E-state index contributed by atoms with van der Waals surface area (Å²) in [6.45, 7) is 0.